The second kappa shape index (κ2) is 4.23. The van der Waals surface area contributed by atoms with Gasteiger partial charge in [0.2, 0.25) is 0 Å². The fourth-order valence-corrected chi connectivity index (χ4v) is 3.20. The van der Waals surface area contributed by atoms with Crippen molar-refractivity contribution in [1.82, 2.24) is 19.9 Å². The molecule has 2 saturated heterocycles. The molecule has 0 N–H and O–H groups in total. The number of rotatable bonds is 1. The van der Waals surface area contributed by atoms with Crippen molar-refractivity contribution in [1.29, 1.82) is 0 Å². The van der Waals surface area contributed by atoms with E-state index in [9.17, 15) is 4.79 Å². The number of fused-ring (bicyclic) bond motifs is 2. The van der Waals surface area contributed by atoms with E-state index in [1.807, 2.05) is 4.90 Å². The standard InChI is InChI=1S/C13H18N4O/c1-3-9-6-10-4-5-11(7-9)17(10)13(18)12-8-16(2)15-14-12/h3,8,10-11H,4-7H2,1-2H3. The third-order valence-corrected chi connectivity index (χ3v) is 4.08. The van der Waals surface area contributed by atoms with Gasteiger partial charge in [0.1, 0.15) is 0 Å². The lowest BCUT2D eigenvalue weighted by molar-refractivity contribution is 0.0628. The molecule has 0 aliphatic carbocycles. The van der Waals surface area contributed by atoms with Gasteiger partial charge in [0.05, 0.1) is 6.20 Å². The van der Waals surface area contributed by atoms with Gasteiger partial charge in [-0.15, -0.1) is 5.10 Å². The lowest BCUT2D eigenvalue weighted by atomic mass is 9.96. The first-order valence-electron chi connectivity index (χ1n) is 6.52. The molecule has 2 aliphatic heterocycles. The van der Waals surface area contributed by atoms with Crippen LogP contribution in [0.25, 0.3) is 0 Å². The fourth-order valence-electron chi connectivity index (χ4n) is 3.20. The number of aromatic nitrogens is 3. The summed E-state index contributed by atoms with van der Waals surface area (Å²) in [5, 5.41) is 7.78. The van der Waals surface area contributed by atoms with Crippen LogP contribution >= 0.6 is 0 Å². The Labute approximate surface area is 106 Å². The molecule has 3 heterocycles. The number of amides is 1. The second-order valence-electron chi connectivity index (χ2n) is 5.23. The Balaban J connectivity index is 1.84. The van der Waals surface area contributed by atoms with Crippen molar-refractivity contribution in [3.05, 3.63) is 23.5 Å². The maximum absolute atomic E-state index is 12.5. The summed E-state index contributed by atoms with van der Waals surface area (Å²) in [4.78, 5) is 14.5. The number of hydrogen-bond donors (Lipinski definition) is 0. The van der Waals surface area contributed by atoms with E-state index in [4.69, 9.17) is 0 Å². The Morgan fingerprint density at radius 1 is 1.39 bits per heavy atom. The van der Waals surface area contributed by atoms with Crippen LogP contribution in [0.2, 0.25) is 0 Å². The van der Waals surface area contributed by atoms with Crippen molar-refractivity contribution >= 4 is 5.91 Å². The summed E-state index contributed by atoms with van der Waals surface area (Å²) in [6, 6.07) is 0.730. The predicted molar refractivity (Wildman–Crippen MR) is 67.0 cm³/mol. The van der Waals surface area contributed by atoms with Gasteiger partial charge in [0.15, 0.2) is 5.69 Å². The van der Waals surface area contributed by atoms with Crippen LogP contribution in [0.1, 0.15) is 43.1 Å². The molecule has 0 spiro atoms. The van der Waals surface area contributed by atoms with Gasteiger partial charge in [-0.05, 0) is 32.6 Å². The fraction of sp³-hybridized carbons (Fsp3) is 0.615. The van der Waals surface area contributed by atoms with Crippen molar-refractivity contribution in [2.45, 2.75) is 44.7 Å². The molecular formula is C13H18N4O. The zero-order valence-electron chi connectivity index (χ0n) is 10.8. The van der Waals surface area contributed by atoms with Crippen LogP contribution in [0.4, 0.5) is 0 Å². The molecule has 2 aliphatic rings. The largest absolute Gasteiger partial charge is 0.331 e. The molecule has 2 unspecified atom stereocenters. The average molecular weight is 246 g/mol. The smallest absolute Gasteiger partial charge is 0.276 e. The maximum atomic E-state index is 12.5. The Bertz CT molecular complexity index is 489. The first-order chi connectivity index (χ1) is 8.69. The summed E-state index contributed by atoms with van der Waals surface area (Å²) < 4.78 is 1.58. The highest BCUT2D eigenvalue weighted by Crippen LogP contribution is 2.38. The number of nitrogens with zero attached hydrogens (tertiary/aromatic N) is 4. The number of aryl methyl sites for hydroxylation is 1. The third-order valence-electron chi connectivity index (χ3n) is 4.08. The van der Waals surface area contributed by atoms with E-state index < -0.39 is 0 Å². The molecule has 2 bridgehead atoms. The van der Waals surface area contributed by atoms with E-state index in [1.165, 1.54) is 5.57 Å². The Morgan fingerprint density at radius 3 is 2.56 bits per heavy atom. The lowest BCUT2D eigenvalue weighted by Gasteiger charge is -2.35. The van der Waals surface area contributed by atoms with Crippen LogP contribution < -0.4 is 0 Å². The highest BCUT2D eigenvalue weighted by molar-refractivity contribution is 5.92. The molecule has 96 valence electrons. The number of hydrogen-bond acceptors (Lipinski definition) is 3. The summed E-state index contributed by atoms with van der Waals surface area (Å²) >= 11 is 0. The topological polar surface area (TPSA) is 51.0 Å². The Kier molecular flexibility index (Phi) is 2.69. The van der Waals surface area contributed by atoms with Gasteiger partial charge in [-0.2, -0.15) is 0 Å². The number of allylic oxidation sites excluding steroid dienone is 1. The molecule has 3 rings (SSSR count). The summed E-state index contributed by atoms with van der Waals surface area (Å²) in [5.41, 5.74) is 1.96. The zero-order valence-corrected chi connectivity index (χ0v) is 10.8. The summed E-state index contributed by atoms with van der Waals surface area (Å²) in [5.74, 6) is 0.0470. The molecular weight excluding hydrogens is 228 g/mol. The molecule has 5 nitrogen and oxygen atoms in total. The van der Waals surface area contributed by atoms with Crippen LogP contribution in [0.3, 0.4) is 0 Å². The summed E-state index contributed by atoms with van der Waals surface area (Å²) in [7, 11) is 1.78. The van der Waals surface area contributed by atoms with E-state index >= 15 is 0 Å². The normalized spacial score (nSPS) is 26.6. The molecule has 1 aromatic heterocycles. The average Bonchev–Trinajstić information content (AvgIpc) is 2.90. The van der Waals surface area contributed by atoms with Crippen LogP contribution in [0, 0.1) is 0 Å². The third kappa shape index (κ3) is 1.74. The second-order valence-corrected chi connectivity index (χ2v) is 5.23. The molecule has 1 amide bonds. The first kappa shape index (κ1) is 11.4. The Morgan fingerprint density at radius 2 is 2.06 bits per heavy atom. The lowest BCUT2D eigenvalue weighted by Crippen LogP contribution is -2.44. The summed E-state index contributed by atoms with van der Waals surface area (Å²) in [6.07, 6.45) is 8.20. The van der Waals surface area contributed by atoms with Crippen molar-refractivity contribution in [3.8, 4) is 0 Å². The highest BCUT2D eigenvalue weighted by atomic mass is 16.2. The minimum Gasteiger partial charge on any atom is -0.331 e. The van der Waals surface area contributed by atoms with Gasteiger partial charge < -0.3 is 4.90 Å². The molecule has 2 atom stereocenters. The van der Waals surface area contributed by atoms with Crippen molar-refractivity contribution in [2.24, 2.45) is 7.05 Å². The van der Waals surface area contributed by atoms with Crippen LogP contribution in [-0.4, -0.2) is 37.9 Å². The number of piperidine rings is 1. The van der Waals surface area contributed by atoms with E-state index in [-0.39, 0.29) is 5.91 Å². The predicted octanol–water partition coefficient (Wildman–Crippen LogP) is 1.53. The van der Waals surface area contributed by atoms with Crippen LogP contribution in [-0.2, 0) is 7.05 Å². The van der Waals surface area contributed by atoms with Gasteiger partial charge in [0.25, 0.3) is 5.91 Å². The molecule has 5 heteroatoms. The van der Waals surface area contributed by atoms with E-state index in [1.54, 1.807) is 17.9 Å². The monoisotopic (exact) mass is 246 g/mol. The van der Waals surface area contributed by atoms with Gasteiger partial charge in [-0.25, -0.2) is 0 Å². The SMILES string of the molecule is CC=C1CC2CCC(C1)N2C(=O)c1cn(C)nn1. The zero-order chi connectivity index (χ0) is 12.7. The van der Waals surface area contributed by atoms with Gasteiger partial charge in [-0.1, -0.05) is 16.9 Å². The van der Waals surface area contributed by atoms with E-state index in [0.29, 0.717) is 17.8 Å². The number of carbonyl (C=O) groups is 1. The quantitative estimate of drug-likeness (QED) is 0.706. The van der Waals surface area contributed by atoms with Crippen molar-refractivity contribution < 1.29 is 4.79 Å². The minimum atomic E-state index is 0.0470. The van der Waals surface area contributed by atoms with Gasteiger partial charge in [0, 0.05) is 19.1 Å². The molecule has 1 aromatic rings. The van der Waals surface area contributed by atoms with E-state index in [0.717, 1.165) is 25.7 Å². The van der Waals surface area contributed by atoms with Crippen LogP contribution in [0.5, 0.6) is 0 Å². The van der Waals surface area contributed by atoms with E-state index in [2.05, 4.69) is 23.3 Å². The maximum Gasteiger partial charge on any atom is 0.276 e. The minimum absolute atomic E-state index is 0.0470. The van der Waals surface area contributed by atoms with Crippen LogP contribution in [0.15, 0.2) is 17.8 Å². The summed E-state index contributed by atoms with van der Waals surface area (Å²) in [6.45, 7) is 2.09. The molecule has 18 heavy (non-hydrogen) atoms. The van der Waals surface area contributed by atoms with Gasteiger partial charge >= 0.3 is 0 Å². The Hall–Kier alpha value is -1.65. The van der Waals surface area contributed by atoms with Crippen molar-refractivity contribution in [2.75, 3.05) is 0 Å². The molecule has 0 saturated carbocycles. The first-order valence-corrected chi connectivity index (χ1v) is 6.52. The van der Waals surface area contributed by atoms with Crippen molar-refractivity contribution in [3.63, 3.8) is 0 Å². The van der Waals surface area contributed by atoms with Gasteiger partial charge in [-0.3, -0.25) is 9.48 Å². The number of carbonyl (C=O) groups excluding carboxylic acids is 1. The molecule has 0 aromatic carbocycles. The molecule has 2 fully saturated rings. The highest BCUT2D eigenvalue weighted by Gasteiger charge is 2.41. The molecule has 0 radical (unpaired) electrons.